The van der Waals surface area contributed by atoms with E-state index in [4.69, 9.17) is 10.8 Å². The molecule has 0 spiro atoms. The first kappa shape index (κ1) is 13.7. The zero-order chi connectivity index (χ0) is 12.8. The van der Waals surface area contributed by atoms with Crippen LogP contribution in [0.4, 0.5) is 0 Å². The minimum absolute atomic E-state index is 0.482. The number of hydrazine groups is 1. The Hall–Kier alpha value is -0.770. The van der Waals surface area contributed by atoms with E-state index in [0.29, 0.717) is 6.04 Å². The number of rotatable bonds is 3. The van der Waals surface area contributed by atoms with Gasteiger partial charge in [-0.15, -0.1) is 0 Å². The SMILES string of the molecule is CN(CC1CCCC1)C(=NC1CCCCC1)NN. The first-order valence-electron chi connectivity index (χ1n) is 7.55. The molecular formula is C14H28N4. The standard InChI is InChI=1S/C14H28N4/c1-18(11-12-7-5-6-8-12)14(17-15)16-13-9-3-2-4-10-13/h12-13H,2-11,15H2,1H3,(H,16,17). The van der Waals surface area contributed by atoms with Crippen molar-refractivity contribution in [2.24, 2.45) is 16.8 Å². The molecule has 0 aromatic rings. The molecule has 104 valence electrons. The fraction of sp³-hybridized carbons (Fsp3) is 0.929. The molecule has 4 nitrogen and oxygen atoms in total. The van der Waals surface area contributed by atoms with Gasteiger partial charge in [-0.3, -0.25) is 5.43 Å². The Morgan fingerprint density at radius 1 is 1.11 bits per heavy atom. The molecule has 18 heavy (non-hydrogen) atoms. The lowest BCUT2D eigenvalue weighted by Crippen LogP contribution is -2.45. The Labute approximate surface area is 111 Å². The molecule has 2 aliphatic carbocycles. The van der Waals surface area contributed by atoms with E-state index in [1.807, 2.05) is 0 Å². The van der Waals surface area contributed by atoms with Crippen LogP contribution < -0.4 is 11.3 Å². The van der Waals surface area contributed by atoms with E-state index in [-0.39, 0.29) is 0 Å². The predicted molar refractivity (Wildman–Crippen MR) is 76.2 cm³/mol. The van der Waals surface area contributed by atoms with Crippen LogP contribution in [0.5, 0.6) is 0 Å². The third-order valence-corrected chi connectivity index (χ3v) is 4.38. The highest BCUT2D eigenvalue weighted by molar-refractivity contribution is 5.79. The molecule has 0 atom stereocenters. The predicted octanol–water partition coefficient (Wildman–Crippen LogP) is 2.26. The minimum Gasteiger partial charge on any atom is -0.345 e. The number of nitrogens with zero attached hydrogens (tertiary/aromatic N) is 2. The van der Waals surface area contributed by atoms with Crippen molar-refractivity contribution in [2.75, 3.05) is 13.6 Å². The Balaban J connectivity index is 1.86. The van der Waals surface area contributed by atoms with Crippen molar-refractivity contribution in [1.29, 1.82) is 0 Å². The number of hydrogen-bond acceptors (Lipinski definition) is 2. The van der Waals surface area contributed by atoms with Gasteiger partial charge >= 0.3 is 0 Å². The second-order valence-corrected chi connectivity index (χ2v) is 5.92. The maximum atomic E-state index is 5.64. The topological polar surface area (TPSA) is 53.6 Å². The third-order valence-electron chi connectivity index (χ3n) is 4.38. The van der Waals surface area contributed by atoms with Gasteiger partial charge in [0.25, 0.3) is 0 Å². The zero-order valence-electron chi connectivity index (χ0n) is 11.7. The molecule has 2 fully saturated rings. The highest BCUT2D eigenvalue weighted by Crippen LogP contribution is 2.25. The van der Waals surface area contributed by atoms with Crippen molar-refractivity contribution >= 4 is 5.96 Å². The maximum Gasteiger partial charge on any atom is 0.208 e. The van der Waals surface area contributed by atoms with Gasteiger partial charge < -0.3 is 4.90 Å². The molecule has 0 amide bonds. The lowest BCUT2D eigenvalue weighted by atomic mass is 9.96. The summed E-state index contributed by atoms with van der Waals surface area (Å²) in [5, 5.41) is 0. The fourth-order valence-corrected chi connectivity index (χ4v) is 3.30. The molecule has 0 radical (unpaired) electrons. The summed E-state index contributed by atoms with van der Waals surface area (Å²) in [6.45, 7) is 1.09. The average molecular weight is 252 g/mol. The van der Waals surface area contributed by atoms with Crippen LogP contribution in [0.1, 0.15) is 57.8 Å². The molecule has 2 saturated carbocycles. The summed E-state index contributed by atoms with van der Waals surface area (Å²) in [5.74, 6) is 7.36. The molecule has 0 aliphatic heterocycles. The smallest absolute Gasteiger partial charge is 0.208 e. The van der Waals surface area contributed by atoms with Crippen molar-refractivity contribution in [1.82, 2.24) is 10.3 Å². The van der Waals surface area contributed by atoms with Gasteiger partial charge in [-0.2, -0.15) is 0 Å². The highest BCUT2D eigenvalue weighted by atomic mass is 15.4. The van der Waals surface area contributed by atoms with Gasteiger partial charge in [-0.05, 0) is 31.6 Å². The van der Waals surface area contributed by atoms with Crippen molar-refractivity contribution in [2.45, 2.75) is 63.8 Å². The fourth-order valence-electron chi connectivity index (χ4n) is 3.30. The van der Waals surface area contributed by atoms with Crippen LogP contribution >= 0.6 is 0 Å². The van der Waals surface area contributed by atoms with Crippen LogP contribution in [0.2, 0.25) is 0 Å². The summed E-state index contributed by atoms with van der Waals surface area (Å²) in [4.78, 5) is 7.02. The van der Waals surface area contributed by atoms with Gasteiger partial charge in [0.2, 0.25) is 5.96 Å². The molecule has 4 heteroatoms. The molecule has 3 N–H and O–H groups in total. The molecule has 0 saturated heterocycles. The van der Waals surface area contributed by atoms with Crippen molar-refractivity contribution in [3.05, 3.63) is 0 Å². The van der Waals surface area contributed by atoms with Crippen LogP contribution in [0, 0.1) is 5.92 Å². The van der Waals surface area contributed by atoms with E-state index < -0.39 is 0 Å². The van der Waals surface area contributed by atoms with Crippen LogP contribution in [0.25, 0.3) is 0 Å². The molecule has 0 aromatic carbocycles. The van der Waals surface area contributed by atoms with Crippen molar-refractivity contribution < 1.29 is 0 Å². The van der Waals surface area contributed by atoms with E-state index in [0.717, 1.165) is 18.4 Å². The Bertz CT molecular complexity index is 265. The molecule has 0 heterocycles. The van der Waals surface area contributed by atoms with Gasteiger partial charge in [0.1, 0.15) is 0 Å². The molecular weight excluding hydrogens is 224 g/mol. The second-order valence-electron chi connectivity index (χ2n) is 5.92. The van der Waals surface area contributed by atoms with E-state index in [1.165, 1.54) is 57.8 Å². The third kappa shape index (κ3) is 3.87. The van der Waals surface area contributed by atoms with Crippen LogP contribution in [0.3, 0.4) is 0 Å². The minimum atomic E-state index is 0.482. The Kier molecular flexibility index (Phi) is 5.29. The second kappa shape index (κ2) is 6.98. The summed E-state index contributed by atoms with van der Waals surface area (Å²) in [7, 11) is 2.11. The van der Waals surface area contributed by atoms with Crippen molar-refractivity contribution in [3.8, 4) is 0 Å². The summed E-state index contributed by atoms with van der Waals surface area (Å²) < 4.78 is 0. The summed E-state index contributed by atoms with van der Waals surface area (Å²) >= 11 is 0. The first-order chi connectivity index (χ1) is 8.79. The van der Waals surface area contributed by atoms with Crippen LogP contribution in [-0.4, -0.2) is 30.5 Å². The molecule has 2 rings (SSSR count). The molecule has 0 aromatic heterocycles. The van der Waals surface area contributed by atoms with E-state index in [1.54, 1.807) is 0 Å². The molecule has 0 bridgehead atoms. The Morgan fingerprint density at radius 3 is 2.33 bits per heavy atom. The van der Waals surface area contributed by atoms with Gasteiger partial charge in [-0.1, -0.05) is 32.1 Å². The van der Waals surface area contributed by atoms with Gasteiger partial charge in [0.15, 0.2) is 0 Å². The molecule has 0 unspecified atom stereocenters. The summed E-state index contributed by atoms with van der Waals surface area (Å²) in [6.07, 6.45) is 12.0. The van der Waals surface area contributed by atoms with Crippen molar-refractivity contribution in [3.63, 3.8) is 0 Å². The monoisotopic (exact) mass is 252 g/mol. The van der Waals surface area contributed by atoms with E-state index >= 15 is 0 Å². The lowest BCUT2D eigenvalue weighted by molar-refractivity contribution is 0.370. The number of guanidine groups is 1. The van der Waals surface area contributed by atoms with Gasteiger partial charge in [0, 0.05) is 13.6 Å². The van der Waals surface area contributed by atoms with Crippen LogP contribution in [0.15, 0.2) is 4.99 Å². The maximum absolute atomic E-state index is 5.64. The quantitative estimate of drug-likeness (QED) is 0.350. The number of aliphatic imine (C=N–C) groups is 1. The van der Waals surface area contributed by atoms with Gasteiger partial charge in [-0.25, -0.2) is 10.8 Å². The summed E-state index contributed by atoms with van der Waals surface area (Å²) in [5.41, 5.74) is 2.80. The first-order valence-corrected chi connectivity index (χ1v) is 7.55. The average Bonchev–Trinajstić information content (AvgIpc) is 2.90. The largest absolute Gasteiger partial charge is 0.345 e. The van der Waals surface area contributed by atoms with E-state index in [9.17, 15) is 0 Å². The number of nitrogens with one attached hydrogen (secondary N) is 1. The summed E-state index contributed by atoms with van der Waals surface area (Å²) in [6, 6.07) is 0.482. The number of nitrogens with two attached hydrogens (primary N) is 1. The number of hydrogen-bond donors (Lipinski definition) is 2. The highest BCUT2D eigenvalue weighted by Gasteiger charge is 2.19. The lowest BCUT2D eigenvalue weighted by Gasteiger charge is -2.26. The van der Waals surface area contributed by atoms with Crippen LogP contribution in [-0.2, 0) is 0 Å². The zero-order valence-corrected chi connectivity index (χ0v) is 11.7. The Morgan fingerprint density at radius 2 is 1.72 bits per heavy atom. The normalized spacial score (nSPS) is 23.3. The van der Waals surface area contributed by atoms with E-state index in [2.05, 4.69) is 17.4 Å². The molecule has 2 aliphatic rings. The van der Waals surface area contributed by atoms with Gasteiger partial charge in [0.05, 0.1) is 6.04 Å².